The van der Waals surface area contributed by atoms with E-state index in [-0.39, 0.29) is 35.5 Å². The van der Waals surface area contributed by atoms with Crippen molar-refractivity contribution in [2.75, 3.05) is 10.8 Å². The maximum Gasteiger partial charge on any atom is 0.264 e. The molecule has 0 unspecified atom stereocenters. The number of halogens is 1. The van der Waals surface area contributed by atoms with E-state index >= 15 is 0 Å². The van der Waals surface area contributed by atoms with Gasteiger partial charge >= 0.3 is 0 Å². The molecule has 0 radical (unpaired) electrons. The summed E-state index contributed by atoms with van der Waals surface area (Å²) >= 11 is 3.52. The number of anilines is 1. The Kier molecular flexibility index (Phi) is 12.1. The fraction of sp³-hybridized carbons (Fsp3) is 0.200. The molecule has 0 spiro atoms. The molecule has 0 aliphatic carbocycles. The summed E-state index contributed by atoms with van der Waals surface area (Å²) in [7, 11) is -4.24. The van der Waals surface area contributed by atoms with Crippen LogP contribution in [-0.4, -0.2) is 43.8 Å². The van der Waals surface area contributed by atoms with Gasteiger partial charge in [0.2, 0.25) is 11.8 Å². The molecule has 5 aromatic carbocycles. The number of nitrogens with one attached hydrogen (secondary N) is 1. The number of aryl methyl sites for hydroxylation is 1. The lowest BCUT2D eigenvalue weighted by molar-refractivity contribution is -0.140. The summed E-state index contributed by atoms with van der Waals surface area (Å²) in [4.78, 5) is 30.1. The van der Waals surface area contributed by atoms with E-state index in [1.54, 1.807) is 36.4 Å². The average molecular weight is 755 g/mol. The van der Waals surface area contributed by atoms with E-state index in [1.165, 1.54) is 17.0 Å². The van der Waals surface area contributed by atoms with Gasteiger partial charge in [-0.1, -0.05) is 94.3 Å². The molecule has 5 aromatic rings. The first-order valence-corrected chi connectivity index (χ1v) is 18.5. The van der Waals surface area contributed by atoms with Gasteiger partial charge in [-0.3, -0.25) is 13.9 Å². The minimum absolute atomic E-state index is 0.0393. The predicted octanol–water partition coefficient (Wildman–Crippen LogP) is 7.91. The Labute approximate surface area is 302 Å². The Balaban J connectivity index is 1.56. The summed E-state index contributed by atoms with van der Waals surface area (Å²) in [5.74, 6) is 0.267. The third kappa shape index (κ3) is 9.61. The van der Waals surface area contributed by atoms with Crippen LogP contribution in [0, 0.1) is 6.92 Å². The number of benzene rings is 5. The van der Waals surface area contributed by atoms with Crippen LogP contribution < -0.4 is 14.4 Å². The number of nitrogens with zero attached hydrogens (tertiary/aromatic N) is 2. The smallest absolute Gasteiger partial charge is 0.264 e. The third-order valence-electron chi connectivity index (χ3n) is 7.94. The minimum Gasteiger partial charge on any atom is -0.457 e. The molecule has 0 aliphatic rings. The second kappa shape index (κ2) is 16.7. The zero-order valence-electron chi connectivity index (χ0n) is 28.2. The standard InChI is InChI=1S/C40H40BrN3O5S/c1-29(2)42-40(46)38(26-31-11-6-4-7-12-31)43(27-32-13-10-14-33(41)25-32)39(45)28-44(50(47,48)37-23-17-30(3)18-24-37)34-19-21-36(22-20-34)49-35-15-8-5-9-16-35/h4-25,29,38H,26-28H2,1-3H3,(H,42,46)/t38-/m1/s1. The van der Waals surface area contributed by atoms with Crippen LogP contribution in [0.15, 0.2) is 143 Å². The molecule has 0 saturated heterocycles. The number of amides is 2. The van der Waals surface area contributed by atoms with Gasteiger partial charge in [-0.15, -0.1) is 0 Å². The highest BCUT2D eigenvalue weighted by atomic mass is 79.9. The zero-order chi connectivity index (χ0) is 35.7. The maximum absolute atomic E-state index is 14.7. The van der Waals surface area contributed by atoms with Crippen molar-refractivity contribution < 1.29 is 22.7 Å². The van der Waals surface area contributed by atoms with Crippen molar-refractivity contribution in [2.45, 2.75) is 50.7 Å². The Morgan fingerprint density at radius 3 is 1.98 bits per heavy atom. The van der Waals surface area contributed by atoms with Crippen molar-refractivity contribution in [1.82, 2.24) is 10.2 Å². The van der Waals surface area contributed by atoms with Gasteiger partial charge in [-0.25, -0.2) is 8.42 Å². The molecule has 10 heteroatoms. The second-order valence-corrected chi connectivity index (χ2v) is 15.0. The molecule has 5 rings (SSSR count). The number of carbonyl (C=O) groups is 2. The quantitative estimate of drug-likeness (QED) is 0.124. The topological polar surface area (TPSA) is 96.0 Å². The summed E-state index contributed by atoms with van der Waals surface area (Å²) < 4.78 is 36.6. The molecule has 0 heterocycles. The SMILES string of the molecule is Cc1ccc(S(=O)(=O)N(CC(=O)N(Cc2cccc(Br)c2)[C@H](Cc2ccccc2)C(=O)NC(C)C)c2ccc(Oc3ccccc3)cc2)cc1. The van der Waals surface area contributed by atoms with Crippen LogP contribution in [0.5, 0.6) is 11.5 Å². The van der Waals surface area contributed by atoms with E-state index in [0.717, 1.165) is 25.5 Å². The molecule has 1 atom stereocenters. The largest absolute Gasteiger partial charge is 0.457 e. The van der Waals surface area contributed by atoms with Gasteiger partial charge in [0.05, 0.1) is 10.6 Å². The monoisotopic (exact) mass is 753 g/mol. The fourth-order valence-corrected chi connectivity index (χ4v) is 7.30. The van der Waals surface area contributed by atoms with E-state index in [1.807, 2.05) is 106 Å². The molecule has 8 nitrogen and oxygen atoms in total. The first kappa shape index (κ1) is 36.4. The molecule has 0 aromatic heterocycles. The fourth-order valence-electron chi connectivity index (χ4n) is 5.44. The van der Waals surface area contributed by atoms with Crippen LogP contribution in [0.2, 0.25) is 0 Å². The van der Waals surface area contributed by atoms with Gasteiger partial charge in [0.15, 0.2) is 0 Å². The average Bonchev–Trinajstić information content (AvgIpc) is 3.10. The normalized spacial score (nSPS) is 11.9. The molecular formula is C40H40BrN3O5S. The summed E-state index contributed by atoms with van der Waals surface area (Å²) in [5, 5.41) is 2.98. The lowest BCUT2D eigenvalue weighted by Crippen LogP contribution is -2.54. The number of para-hydroxylation sites is 1. The molecule has 0 bridgehead atoms. The van der Waals surface area contributed by atoms with Crippen LogP contribution in [0.25, 0.3) is 0 Å². The minimum atomic E-state index is -4.24. The molecule has 2 amide bonds. The van der Waals surface area contributed by atoms with Gasteiger partial charge in [-0.05, 0) is 92.6 Å². The van der Waals surface area contributed by atoms with Crippen LogP contribution >= 0.6 is 15.9 Å². The number of hydrogen-bond donors (Lipinski definition) is 1. The summed E-state index contributed by atoms with van der Waals surface area (Å²) in [6.07, 6.45) is 0.232. The van der Waals surface area contributed by atoms with Crippen LogP contribution in [0.1, 0.15) is 30.5 Å². The Morgan fingerprint density at radius 1 is 0.760 bits per heavy atom. The highest BCUT2D eigenvalue weighted by Crippen LogP contribution is 2.29. The van der Waals surface area contributed by atoms with Gasteiger partial charge < -0.3 is 15.0 Å². The van der Waals surface area contributed by atoms with Crippen LogP contribution in [0.4, 0.5) is 5.69 Å². The number of sulfonamides is 1. The lowest BCUT2D eigenvalue weighted by atomic mass is 10.0. The van der Waals surface area contributed by atoms with E-state index in [9.17, 15) is 18.0 Å². The summed E-state index contributed by atoms with van der Waals surface area (Å²) in [6.45, 7) is 5.11. The highest BCUT2D eigenvalue weighted by Gasteiger charge is 2.35. The lowest BCUT2D eigenvalue weighted by Gasteiger charge is -2.34. The van der Waals surface area contributed by atoms with Crippen molar-refractivity contribution in [1.29, 1.82) is 0 Å². The number of hydrogen-bond acceptors (Lipinski definition) is 5. The van der Waals surface area contributed by atoms with Gasteiger partial charge in [-0.2, -0.15) is 0 Å². The molecule has 50 heavy (non-hydrogen) atoms. The number of ether oxygens (including phenoxy) is 1. The van der Waals surface area contributed by atoms with E-state index in [4.69, 9.17) is 4.74 Å². The molecule has 0 fully saturated rings. The van der Waals surface area contributed by atoms with Crippen molar-refractivity contribution in [3.05, 3.63) is 155 Å². The van der Waals surface area contributed by atoms with Gasteiger partial charge in [0.1, 0.15) is 24.1 Å². The van der Waals surface area contributed by atoms with Crippen LogP contribution in [0.3, 0.4) is 0 Å². The number of carbonyl (C=O) groups excluding carboxylic acids is 2. The Bertz CT molecular complexity index is 1990. The first-order chi connectivity index (χ1) is 24.0. The maximum atomic E-state index is 14.7. The molecule has 258 valence electrons. The highest BCUT2D eigenvalue weighted by molar-refractivity contribution is 9.10. The molecule has 0 aliphatic heterocycles. The van der Waals surface area contributed by atoms with Crippen molar-refractivity contribution >= 4 is 43.5 Å². The van der Waals surface area contributed by atoms with Crippen molar-refractivity contribution in [3.63, 3.8) is 0 Å². The van der Waals surface area contributed by atoms with Crippen LogP contribution in [-0.2, 0) is 32.6 Å². The first-order valence-electron chi connectivity index (χ1n) is 16.3. The zero-order valence-corrected chi connectivity index (χ0v) is 30.6. The number of rotatable bonds is 14. The van der Waals surface area contributed by atoms with E-state index in [2.05, 4.69) is 21.2 Å². The van der Waals surface area contributed by atoms with Crippen molar-refractivity contribution in [2.24, 2.45) is 0 Å². The van der Waals surface area contributed by atoms with E-state index < -0.39 is 28.5 Å². The predicted molar refractivity (Wildman–Crippen MR) is 201 cm³/mol. The summed E-state index contributed by atoms with van der Waals surface area (Å²) in [6, 6.07) is 38.1. The second-order valence-electron chi connectivity index (χ2n) is 12.3. The van der Waals surface area contributed by atoms with Gasteiger partial charge in [0, 0.05) is 23.5 Å². The van der Waals surface area contributed by atoms with Crippen molar-refractivity contribution in [3.8, 4) is 11.5 Å². The Hall–Kier alpha value is -4.93. The Morgan fingerprint density at radius 2 is 1.36 bits per heavy atom. The molecule has 0 saturated carbocycles. The molecule has 1 N–H and O–H groups in total. The molecular weight excluding hydrogens is 714 g/mol. The van der Waals surface area contributed by atoms with E-state index in [0.29, 0.717) is 11.5 Å². The van der Waals surface area contributed by atoms with Gasteiger partial charge in [0.25, 0.3) is 10.0 Å². The summed E-state index contributed by atoms with van der Waals surface area (Å²) in [5.41, 5.74) is 2.81. The third-order valence-corrected chi connectivity index (χ3v) is 10.2.